The molecule has 1 N–H and O–H groups in total. The molecule has 2 aromatic rings. The average Bonchev–Trinajstić information content (AvgIpc) is 2.53. The Morgan fingerprint density at radius 1 is 1.14 bits per heavy atom. The molecule has 0 unspecified atom stereocenters. The molecule has 0 radical (unpaired) electrons. The van der Waals surface area contributed by atoms with Crippen molar-refractivity contribution in [2.75, 3.05) is 7.05 Å². The molecule has 0 aromatic heterocycles. The van der Waals surface area contributed by atoms with Crippen LogP contribution in [0.3, 0.4) is 0 Å². The van der Waals surface area contributed by atoms with Crippen LogP contribution in [-0.4, -0.2) is 19.4 Å². The highest BCUT2D eigenvalue weighted by atomic mass is 16.5. The lowest BCUT2D eigenvalue weighted by Gasteiger charge is -2.07. The summed E-state index contributed by atoms with van der Waals surface area (Å²) in [6, 6.07) is 15.4. The van der Waals surface area contributed by atoms with Gasteiger partial charge < -0.3 is 14.8 Å². The van der Waals surface area contributed by atoms with Gasteiger partial charge in [-0.2, -0.15) is 0 Å². The second-order valence-electron chi connectivity index (χ2n) is 4.57. The number of carbonyl (C=O) groups is 2. The predicted octanol–water partition coefficient (Wildman–Crippen LogP) is 3.20. The fourth-order valence-electron chi connectivity index (χ4n) is 2.01. The summed E-state index contributed by atoms with van der Waals surface area (Å²) in [5.74, 6) is 0.496. The summed E-state index contributed by atoms with van der Waals surface area (Å²) in [5.41, 5.74) is 3.24. The minimum absolute atomic E-state index is 0.487. The van der Waals surface area contributed by atoms with Gasteiger partial charge in [-0.3, -0.25) is 0 Å². The molecule has 0 aliphatic heterocycles. The number of amides is 1. The van der Waals surface area contributed by atoms with Gasteiger partial charge in [0.15, 0.2) is 0 Å². The highest BCUT2D eigenvalue weighted by Gasteiger charge is 2.03. The molecule has 2 aromatic carbocycles. The van der Waals surface area contributed by atoms with E-state index < -0.39 is 6.09 Å². The number of carbonyl (C=O) groups excluding carboxylic acids is 2. The molecule has 0 heterocycles. The zero-order valence-corrected chi connectivity index (χ0v) is 11.8. The maximum atomic E-state index is 11.1. The molecule has 2 rings (SSSR count). The molecule has 1 amide bonds. The van der Waals surface area contributed by atoms with Gasteiger partial charge in [-0.1, -0.05) is 36.4 Å². The van der Waals surface area contributed by atoms with E-state index in [1.165, 1.54) is 7.05 Å². The zero-order valence-electron chi connectivity index (χ0n) is 11.8. The number of nitrogens with one attached hydrogen (secondary N) is 1. The smallest absolute Gasteiger partial charge is 0.410 e. The largest absolute Gasteiger partial charge is 0.412 e. The monoisotopic (exact) mass is 283 g/mol. The first kappa shape index (κ1) is 14.8. The number of aldehydes is 1. The molecule has 0 bridgehead atoms. The third kappa shape index (κ3) is 4.18. The Labute approximate surface area is 123 Å². The SMILES string of the molecule is CNC(=O)Oc1ccc(-c2cccc(CCC=O)c2)cc1. The summed E-state index contributed by atoms with van der Waals surface area (Å²) in [6.45, 7) is 0. The van der Waals surface area contributed by atoms with Gasteiger partial charge >= 0.3 is 6.09 Å². The van der Waals surface area contributed by atoms with Gasteiger partial charge in [-0.15, -0.1) is 0 Å². The minimum Gasteiger partial charge on any atom is -0.410 e. The van der Waals surface area contributed by atoms with Crippen LogP contribution in [0.15, 0.2) is 48.5 Å². The summed E-state index contributed by atoms with van der Waals surface area (Å²) >= 11 is 0. The maximum Gasteiger partial charge on any atom is 0.412 e. The summed E-state index contributed by atoms with van der Waals surface area (Å²) in [5, 5.41) is 2.40. The molecule has 21 heavy (non-hydrogen) atoms. The highest BCUT2D eigenvalue weighted by Crippen LogP contribution is 2.23. The normalized spacial score (nSPS) is 9.95. The highest BCUT2D eigenvalue weighted by molar-refractivity contribution is 5.71. The fraction of sp³-hybridized carbons (Fsp3) is 0.176. The zero-order chi connectivity index (χ0) is 15.1. The second-order valence-corrected chi connectivity index (χ2v) is 4.57. The van der Waals surface area contributed by atoms with Gasteiger partial charge in [-0.25, -0.2) is 4.79 Å². The molecule has 4 nitrogen and oxygen atoms in total. The molecule has 0 fully saturated rings. The summed E-state index contributed by atoms with van der Waals surface area (Å²) < 4.78 is 5.04. The number of ether oxygens (including phenoxy) is 1. The van der Waals surface area contributed by atoms with Crippen molar-refractivity contribution < 1.29 is 14.3 Å². The Morgan fingerprint density at radius 2 is 1.90 bits per heavy atom. The van der Waals surface area contributed by atoms with Gasteiger partial charge in [0.1, 0.15) is 12.0 Å². The van der Waals surface area contributed by atoms with E-state index in [0.717, 1.165) is 29.4 Å². The molecule has 0 atom stereocenters. The quantitative estimate of drug-likeness (QED) is 0.857. The maximum absolute atomic E-state index is 11.1. The van der Waals surface area contributed by atoms with Crippen LogP contribution in [0.1, 0.15) is 12.0 Å². The van der Waals surface area contributed by atoms with Crippen molar-refractivity contribution in [1.29, 1.82) is 0 Å². The van der Waals surface area contributed by atoms with Gasteiger partial charge in [0.2, 0.25) is 0 Å². The van der Waals surface area contributed by atoms with Gasteiger partial charge in [0.05, 0.1) is 0 Å². The van der Waals surface area contributed by atoms with E-state index in [0.29, 0.717) is 12.2 Å². The van der Waals surface area contributed by atoms with E-state index in [2.05, 4.69) is 11.4 Å². The lowest BCUT2D eigenvalue weighted by molar-refractivity contribution is -0.107. The molecule has 0 spiro atoms. The van der Waals surface area contributed by atoms with Crippen LogP contribution in [0.25, 0.3) is 11.1 Å². The van der Waals surface area contributed by atoms with Gasteiger partial charge in [0, 0.05) is 13.5 Å². The first-order chi connectivity index (χ1) is 10.2. The van der Waals surface area contributed by atoms with Crippen LogP contribution in [0.5, 0.6) is 5.75 Å². The molecule has 0 saturated heterocycles. The average molecular weight is 283 g/mol. The Morgan fingerprint density at radius 3 is 2.57 bits per heavy atom. The number of hydrogen-bond donors (Lipinski definition) is 1. The Kier molecular flexibility index (Phi) is 5.10. The summed E-state index contributed by atoms with van der Waals surface area (Å²) in [7, 11) is 1.52. The number of hydrogen-bond acceptors (Lipinski definition) is 3. The van der Waals surface area contributed by atoms with E-state index >= 15 is 0 Å². The summed E-state index contributed by atoms with van der Waals surface area (Å²) in [6.07, 6.45) is 1.72. The third-order valence-electron chi connectivity index (χ3n) is 3.08. The second kappa shape index (κ2) is 7.24. The Balaban J connectivity index is 2.14. The lowest BCUT2D eigenvalue weighted by atomic mass is 10.0. The third-order valence-corrected chi connectivity index (χ3v) is 3.08. The predicted molar refractivity (Wildman–Crippen MR) is 81.3 cm³/mol. The van der Waals surface area contributed by atoms with E-state index in [4.69, 9.17) is 4.74 Å². The van der Waals surface area contributed by atoms with Crippen molar-refractivity contribution in [3.63, 3.8) is 0 Å². The van der Waals surface area contributed by atoms with Crippen molar-refractivity contribution in [3.8, 4) is 16.9 Å². The molecule has 0 aliphatic carbocycles. The molecule has 4 heteroatoms. The first-order valence-electron chi connectivity index (χ1n) is 6.75. The number of benzene rings is 2. The van der Waals surface area contributed by atoms with Crippen LogP contribution in [-0.2, 0) is 11.2 Å². The van der Waals surface area contributed by atoms with Crippen LogP contribution in [0.2, 0.25) is 0 Å². The van der Waals surface area contributed by atoms with Crippen molar-refractivity contribution in [2.45, 2.75) is 12.8 Å². The number of aryl methyl sites for hydroxylation is 1. The van der Waals surface area contributed by atoms with E-state index in [-0.39, 0.29) is 0 Å². The molecular weight excluding hydrogens is 266 g/mol. The minimum atomic E-state index is -0.487. The van der Waals surface area contributed by atoms with Gasteiger partial charge in [-0.05, 0) is 35.2 Å². The summed E-state index contributed by atoms with van der Waals surface area (Å²) in [4.78, 5) is 21.6. The van der Waals surface area contributed by atoms with Crippen LogP contribution < -0.4 is 10.1 Å². The van der Waals surface area contributed by atoms with Crippen molar-refractivity contribution in [3.05, 3.63) is 54.1 Å². The topological polar surface area (TPSA) is 55.4 Å². The molecule has 0 aliphatic rings. The molecule has 0 saturated carbocycles. The Hall–Kier alpha value is -2.62. The standard InChI is InChI=1S/C17H17NO3/c1-18-17(20)21-16-9-7-14(8-10-16)15-6-2-4-13(12-15)5-3-11-19/h2,4,6-12H,3,5H2,1H3,(H,18,20). The fourth-order valence-corrected chi connectivity index (χ4v) is 2.01. The molecule has 108 valence electrons. The van der Waals surface area contributed by atoms with E-state index in [1.54, 1.807) is 12.1 Å². The van der Waals surface area contributed by atoms with E-state index in [9.17, 15) is 9.59 Å². The van der Waals surface area contributed by atoms with Gasteiger partial charge in [0.25, 0.3) is 0 Å². The van der Waals surface area contributed by atoms with Crippen LogP contribution in [0.4, 0.5) is 4.79 Å². The molecular formula is C17H17NO3. The lowest BCUT2D eigenvalue weighted by Crippen LogP contribution is -2.21. The Bertz CT molecular complexity index is 620. The van der Waals surface area contributed by atoms with Crippen molar-refractivity contribution in [1.82, 2.24) is 5.32 Å². The van der Waals surface area contributed by atoms with Crippen molar-refractivity contribution in [2.24, 2.45) is 0 Å². The van der Waals surface area contributed by atoms with Crippen LogP contribution >= 0.6 is 0 Å². The van der Waals surface area contributed by atoms with E-state index in [1.807, 2.05) is 30.3 Å². The first-order valence-corrected chi connectivity index (χ1v) is 6.75. The van der Waals surface area contributed by atoms with Crippen molar-refractivity contribution >= 4 is 12.4 Å². The number of rotatable bonds is 5. The van der Waals surface area contributed by atoms with Crippen LogP contribution in [0, 0.1) is 0 Å².